The lowest BCUT2D eigenvalue weighted by Crippen LogP contribution is -2.35. The number of rotatable bonds is 8. The summed E-state index contributed by atoms with van der Waals surface area (Å²) in [6, 6.07) is 18.7. The Kier molecular flexibility index (Phi) is 7.72. The summed E-state index contributed by atoms with van der Waals surface area (Å²) in [4.78, 5) is 27.1. The zero-order valence-corrected chi connectivity index (χ0v) is 19.4. The second-order valence-corrected chi connectivity index (χ2v) is 9.09. The van der Waals surface area contributed by atoms with Crippen molar-refractivity contribution in [2.24, 2.45) is 0 Å². The molecular formula is C26H26N2O5S. The molecule has 1 aliphatic heterocycles. The number of carbonyl (C=O) groups is 2. The van der Waals surface area contributed by atoms with Gasteiger partial charge in [0.25, 0.3) is 5.91 Å². The number of nitrogens with zero attached hydrogens (tertiary/aromatic N) is 1. The van der Waals surface area contributed by atoms with Crippen LogP contribution in [-0.2, 0) is 0 Å². The summed E-state index contributed by atoms with van der Waals surface area (Å²) in [7, 11) is 0. The van der Waals surface area contributed by atoms with E-state index in [4.69, 9.17) is 4.74 Å². The van der Waals surface area contributed by atoms with E-state index >= 15 is 0 Å². The first-order valence-electron chi connectivity index (χ1n) is 11.0. The van der Waals surface area contributed by atoms with E-state index in [0.29, 0.717) is 12.4 Å². The Morgan fingerprint density at radius 2 is 1.71 bits per heavy atom. The third kappa shape index (κ3) is 5.89. The number of carboxylic acid groups (broad SMARTS) is 1. The lowest BCUT2D eigenvalue weighted by Gasteiger charge is -2.25. The first-order chi connectivity index (χ1) is 16.5. The number of aromatic hydroxyl groups is 1. The van der Waals surface area contributed by atoms with Gasteiger partial charge >= 0.3 is 5.97 Å². The molecule has 8 heteroatoms. The first-order valence-corrected chi connectivity index (χ1v) is 12.2. The number of amides is 1. The number of carboxylic acids is 1. The van der Waals surface area contributed by atoms with Crippen molar-refractivity contribution in [3.05, 3.63) is 77.9 Å². The second-order valence-electron chi connectivity index (χ2n) is 7.87. The summed E-state index contributed by atoms with van der Waals surface area (Å²) < 4.78 is 5.81. The summed E-state index contributed by atoms with van der Waals surface area (Å²) >= 11 is 1.95. The predicted molar refractivity (Wildman–Crippen MR) is 134 cm³/mol. The number of thioether (sulfide) groups is 1. The van der Waals surface area contributed by atoms with Gasteiger partial charge in [-0.25, -0.2) is 4.79 Å². The van der Waals surface area contributed by atoms with Crippen molar-refractivity contribution in [2.45, 2.75) is 0 Å². The molecule has 4 rings (SSSR count). The molecule has 7 nitrogen and oxygen atoms in total. The lowest BCUT2D eigenvalue weighted by atomic mass is 10.0. The van der Waals surface area contributed by atoms with Crippen LogP contribution < -0.4 is 10.1 Å². The smallest absolute Gasteiger partial charge is 0.337 e. The number of anilines is 1. The van der Waals surface area contributed by atoms with E-state index in [9.17, 15) is 19.8 Å². The maximum Gasteiger partial charge on any atom is 0.337 e. The molecule has 0 radical (unpaired) electrons. The normalized spacial score (nSPS) is 13.9. The van der Waals surface area contributed by atoms with E-state index in [2.05, 4.69) is 10.2 Å². The Labute approximate surface area is 202 Å². The minimum Gasteiger partial charge on any atom is -0.507 e. The number of nitrogens with one attached hydrogen (secondary N) is 1. The molecule has 0 unspecified atom stereocenters. The molecule has 3 aromatic rings. The van der Waals surface area contributed by atoms with Crippen molar-refractivity contribution in [1.82, 2.24) is 4.90 Å². The van der Waals surface area contributed by atoms with Crippen LogP contribution in [0.3, 0.4) is 0 Å². The molecule has 0 aliphatic carbocycles. The van der Waals surface area contributed by atoms with Gasteiger partial charge in [0.2, 0.25) is 0 Å². The fourth-order valence-electron chi connectivity index (χ4n) is 3.74. The summed E-state index contributed by atoms with van der Waals surface area (Å²) in [5.41, 5.74) is 1.76. The molecule has 0 aromatic heterocycles. The largest absolute Gasteiger partial charge is 0.507 e. The van der Waals surface area contributed by atoms with Gasteiger partial charge in [-0.1, -0.05) is 36.4 Å². The monoisotopic (exact) mass is 478 g/mol. The van der Waals surface area contributed by atoms with Gasteiger partial charge in [-0.2, -0.15) is 11.8 Å². The zero-order valence-electron chi connectivity index (χ0n) is 18.6. The van der Waals surface area contributed by atoms with Crippen LogP contribution in [0.15, 0.2) is 66.7 Å². The maximum absolute atomic E-state index is 13.0. The van der Waals surface area contributed by atoms with E-state index in [0.717, 1.165) is 42.3 Å². The minimum absolute atomic E-state index is 0.00771. The van der Waals surface area contributed by atoms with Crippen LogP contribution in [0, 0.1) is 0 Å². The molecule has 0 spiro atoms. The van der Waals surface area contributed by atoms with E-state index in [1.165, 1.54) is 18.2 Å². The van der Waals surface area contributed by atoms with E-state index in [-0.39, 0.29) is 22.6 Å². The number of phenolic OH excluding ortho intramolecular Hbond substituents is 1. The lowest BCUT2D eigenvalue weighted by molar-refractivity contribution is 0.0698. The van der Waals surface area contributed by atoms with Crippen molar-refractivity contribution in [2.75, 3.05) is 43.1 Å². The molecule has 0 saturated carbocycles. The SMILES string of the molecule is O=C(Nc1cc(-c2ccccc2)ccc1C(=O)O)c1cc(OCCN2CCSCC2)ccc1O. The van der Waals surface area contributed by atoms with Crippen LogP contribution in [0.1, 0.15) is 20.7 Å². The van der Waals surface area contributed by atoms with E-state index in [1.807, 2.05) is 42.1 Å². The minimum atomic E-state index is -1.16. The Balaban J connectivity index is 1.50. The van der Waals surface area contributed by atoms with Gasteiger partial charge in [0.05, 0.1) is 16.8 Å². The first kappa shape index (κ1) is 23.7. The van der Waals surface area contributed by atoms with Crippen LogP contribution in [0.25, 0.3) is 11.1 Å². The van der Waals surface area contributed by atoms with E-state index < -0.39 is 11.9 Å². The Morgan fingerprint density at radius 1 is 0.941 bits per heavy atom. The van der Waals surface area contributed by atoms with Gasteiger partial charge in [0.1, 0.15) is 18.1 Å². The molecule has 1 saturated heterocycles. The summed E-state index contributed by atoms with van der Waals surface area (Å²) in [5, 5.41) is 22.5. The third-order valence-electron chi connectivity index (χ3n) is 5.60. The Morgan fingerprint density at radius 3 is 2.44 bits per heavy atom. The van der Waals surface area contributed by atoms with Gasteiger partial charge < -0.3 is 20.3 Å². The molecule has 3 N–H and O–H groups in total. The second kappa shape index (κ2) is 11.1. The van der Waals surface area contributed by atoms with Gasteiger partial charge in [0, 0.05) is 31.1 Å². The standard InChI is InChI=1S/C26H26N2O5S/c29-24-9-7-20(33-13-10-28-11-14-34-15-12-28)17-22(24)25(30)27-23-16-19(6-8-21(23)26(31)32)18-4-2-1-3-5-18/h1-9,16-17,29H,10-15H2,(H,27,30)(H,31,32). The number of hydrogen-bond donors (Lipinski definition) is 3. The third-order valence-corrected chi connectivity index (χ3v) is 6.54. The zero-order chi connectivity index (χ0) is 23.9. The molecule has 34 heavy (non-hydrogen) atoms. The summed E-state index contributed by atoms with van der Waals surface area (Å²) in [5.74, 6) is 0.705. The average molecular weight is 479 g/mol. The number of ether oxygens (including phenoxy) is 1. The van der Waals surface area contributed by atoms with Crippen molar-refractivity contribution >= 4 is 29.3 Å². The summed E-state index contributed by atoms with van der Waals surface area (Å²) in [6.07, 6.45) is 0. The molecule has 1 aliphatic rings. The molecular weight excluding hydrogens is 452 g/mol. The van der Waals surface area contributed by atoms with Crippen molar-refractivity contribution in [3.8, 4) is 22.6 Å². The molecule has 1 amide bonds. The van der Waals surface area contributed by atoms with Gasteiger partial charge in [-0.15, -0.1) is 0 Å². The Bertz CT molecular complexity index is 1160. The van der Waals surface area contributed by atoms with Crippen LogP contribution in [0.5, 0.6) is 11.5 Å². The molecule has 3 aromatic carbocycles. The van der Waals surface area contributed by atoms with Gasteiger partial charge in [-0.3, -0.25) is 9.69 Å². The number of carbonyl (C=O) groups excluding carboxylic acids is 1. The van der Waals surface area contributed by atoms with Crippen LogP contribution in [0.4, 0.5) is 5.69 Å². The van der Waals surface area contributed by atoms with Crippen molar-refractivity contribution in [3.63, 3.8) is 0 Å². The molecule has 1 fully saturated rings. The van der Waals surface area contributed by atoms with Crippen molar-refractivity contribution in [1.29, 1.82) is 0 Å². The molecule has 1 heterocycles. The number of phenols is 1. The highest BCUT2D eigenvalue weighted by Gasteiger charge is 2.18. The van der Waals surface area contributed by atoms with Crippen LogP contribution >= 0.6 is 11.8 Å². The fraction of sp³-hybridized carbons (Fsp3) is 0.231. The highest BCUT2D eigenvalue weighted by Crippen LogP contribution is 2.28. The predicted octanol–water partition coefficient (Wildman–Crippen LogP) is 4.44. The van der Waals surface area contributed by atoms with Crippen LogP contribution in [0.2, 0.25) is 0 Å². The maximum atomic E-state index is 13.0. The van der Waals surface area contributed by atoms with Gasteiger partial charge in [0.15, 0.2) is 0 Å². The molecule has 0 atom stereocenters. The topological polar surface area (TPSA) is 99.1 Å². The van der Waals surface area contributed by atoms with Crippen LogP contribution in [-0.4, -0.2) is 64.7 Å². The highest BCUT2D eigenvalue weighted by molar-refractivity contribution is 7.99. The highest BCUT2D eigenvalue weighted by atomic mass is 32.2. The number of aromatic carboxylic acids is 1. The Hall–Kier alpha value is -3.49. The van der Waals surface area contributed by atoms with E-state index in [1.54, 1.807) is 18.2 Å². The molecule has 176 valence electrons. The fourth-order valence-corrected chi connectivity index (χ4v) is 4.72. The average Bonchev–Trinajstić information content (AvgIpc) is 2.86. The van der Waals surface area contributed by atoms with Crippen molar-refractivity contribution < 1.29 is 24.5 Å². The molecule has 0 bridgehead atoms. The number of hydrogen-bond acceptors (Lipinski definition) is 6. The number of benzene rings is 3. The summed E-state index contributed by atoms with van der Waals surface area (Å²) in [6.45, 7) is 3.33. The van der Waals surface area contributed by atoms with Gasteiger partial charge in [-0.05, 0) is 41.5 Å². The quantitative estimate of drug-likeness (QED) is 0.440.